The molecule has 0 aliphatic carbocycles. The number of nitrogens with zero attached hydrogens (tertiary/aromatic N) is 5. The summed E-state index contributed by atoms with van der Waals surface area (Å²) >= 11 is 0. The maximum atomic E-state index is 5.84. The maximum Gasteiger partial charge on any atom is 0.128 e. The number of rotatable bonds is 3. The summed E-state index contributed by atoms with van der Waals surface area (Å²) in [5, 5.41) is 4.20. The van der Waals surface area contributed by atoms with E-state index in [9.17, 15) is 0 Å². The molecule has 1 saturated heterocycles. The van der Waals surface area contributed by atoms with Gasteiger partial charge in [0.1, 0.15) is 17.7 Å². The van der Waals surface area contributed by atoms with Gasteiger partial charge in [-0.2, -0.15) is 5.10 Å². The summed E-state index contributed by atoms with van der Waals surface area (Å²) in [5.74, 6) is 1.17. The molecule has 3 rings (SSSR count). The van der Waals surface area contributed by atoms with E-state index < -0.39 is 0 Å². The first-order chi connectivity index (χ1) is 10.1. The minimum absolute atomic E-state index is 0.0561. The van der Waals surface area contributed by atoms with Gasteiger partial charge in [0.25, 0.3) is 0 Å². The van der Waals surface area contributed by atoms with Gasteiger partial charge in [-0.1, -0.05) is 0 Å². The molecule has 2 aromatic heterocycles. The van der Waals surface area contributed by atoms with E-state index in [4.69, 9.17) is 10.5 Å². The normalized spacial score (nSPS) is 19.8. The van der Waals surface area contributed by atoms with Gasteiger partial charge in [0.2, 0.25) is 0 Å². The standard InChI is InChI=1S/C14H20N6O/c1-10-17-12(5-14(15)18-10)13-9-20(3-4-21-13)8-11-6-16-19(2)7-11/h5-7,13H,3-4,8-9H2,1-2H3,(H2,15,17,18)/t13-/m1/s1. The lowest BCUT2D eigenvalue weighted by atomic mass is 10.2. The van der Waals surface area contributed by atoms with Crippen molar-refractivity contribution in [2.24, 2.45) is 7.05 Å². The molecule has 1 atom stereocenters. The predicted molar refractivity (Wildman–Crippen MR) is 78.4 cm³/mol. The molecule has 1 aliphatic heterocycles. The zero-order valence-corrected chi connectivity index (χ0v) is 12.4. The molecule has 2 N–H and O–H groups in total. The molecule has 21 heavy (non-hydrogen) atoms. The molecule has 0 radical (unpaired) electrons. The van der Waals surface area contributed by atoms with Crippen molar-refractivity contribution >= 4 is 5.82 Å². The average Bonchev–Trinajstić information content (AvgIpc) is 2.83. The number of nitrogen functional groups attached to an aromatic ring is 1. The summed E-state index contributed by atoms with van der Waals surface area (Å²) in [6, 6.07) is 1.80. The molecule has 0 amide bonds. The van der Waals surface area contributed by atoms with Gasteiger partial charge in [0, 0.05) is 44.5 Å². The highest BCUT2D eigenvalue weighted by Gasteiger charge is 2.24. The Morgan fingerprint density at radius 2 is 2.29 bits per heavy atom. The Balaban J connectivity index is 1.70. The third-order valence-corrected chi connectivity index (χ3v) is 3.52. The number of nitrogens with two attached hydrogens (primary N) is 1. The monoisotopic (exact) mass is 288 g/mol. The molecule has 1 aliphatic rings. The van der Waals surface area contributed by atoms with Crippen LogP contribution in [0.2, 0.25) is 0 Å². The van der Waals surface area contributed by atoms with Crippen LogP contribution in [0.15, 0.2) is 18.5 Å². The van der Waals surface area contributed by atoms with E-state index in [1.54, 1.807) is 6.07 Å². The minimum atomic E-state index is -0.0561. The average molecular weight is 288 g/mol. The number of aryl methyl sites for hydroxylation is 2. The summed E-state index contributed by atoms with van der Waals surface area (Å²) in [6.07, 6.45) is 3.88. The quantitative estimate of drug-likeness (QED) is 0.894. The van der Waals surface area contributed by atoms with Crippen LogP contribution in [-0.4, -0.2) is 44.3 Å². The van der Waals surface area contributed by atoms with Crippen LogP contribution in [0.1, 0.15) is 23.2 Å². The highest BCUT2D eigenvalue weighted by Crippen LogP contribution is 2.22. The first-order valence-electron chi connectivity index (χ1n) is 7.02. The highest BCUT2D eigenvalue weighted by molar-refractivity contribution is 5.30. The zero-order chi connectivity index (χ0) is 14.8. The second-order valence-electron chi connectivity index (χ2n) is 5.38. The van der Waals surface area contributed by atoms with E-state index >= 15 is 0 Å². The lowest BCUT2D eigenvalue weighted by Gasteiger charge is -2.32. The Morgan fingerprint density at radius 1 is 1.43 bits per heavy atom. The number of ether oxygens (including phenoxy) is 1. The molecule has 0 spiro atoms. The Morgan fingerprint density at radius 3 is 3.00 bits per heavy atom. The van der Waals surface area contributed by atoms with E-state index in [0.717, 1.165) is 25.3 Å². The third-order valence-electron chi connectivity index (χ3n) is 3.52. The van der Waals surface area contributed by atoms with Crippen LogP contribution in [-0.2, 0) is 18.3 Å². The van der Waals surface area contributed by atoms with Gasteiger partial charge in [0.15, 0.2) is 0 Å². The molecule has 1 fully saturated rings. The SMILES string of the molecule is Cc1nc(N)cc([C@H]2CN(Cc3cnn(C)c3)CCO2)n1. The van der Waals surface area contributed by atoms with Gasteiger partial charge in [-0.3, -0.25) is 9.58 Å². The molecule has 0 unspecified atom stereocenters. The van der Waals surface area contributed by atoms with Crippen molar-refractivity contribution in [2.45, 2.75) is 19.6 Å². The zero-order valence-electron chi connectivity index (χ0n) is 12.4. The number of hydrogen-bond acceptors (Lipinski definition) is 6. The van der Waals surface area contributed by atoms with E-state index in [2.05, 4.69) is 20.0 Å². The molecule has 3 heterocycles. The van der Waals surface area contributed by atoms with E-state index in [1.807, 2.05) is 31.0 Å². The van der Waals surface area contributed by atoms with Crippen molar-refractivity contribution in [1.82, 2.24) is 24.6 Å². The molecule has 7 heteroatoms. The van der Waals surface area contributed by atoms with Crippen LogP contribution in [0.4, 0.5) is 5.82 Å². The number of hydrogen-bond donors (Lipinski definition) is 1. The molecule has 7 nitrogen and oxygen atoms in total. The fourth-order valence-corrected chi connectivity index (χ4v) is 2.62. The van der Waals surface area contributed by atoms with Crippen molar-refractivity contribution in [3.63, 3.8) is 0 Å². The van der Waals surface area contributed by atoms with Gasteiger partial charge >= 0.3 is 0 Å². The van der Waals surface area contributed by atoms with Crippen LogP contribution in [0.5, 0.6) is 0 Å². The van der Waals surface area contributed by atoms with Crippen molar-refractivity contribution in [2.75, 3.05) is 25.4 Å². The van der Waals surface area contributed by atoms with Crippen molar-refractivity contribution in [1.29, 1.82) is 0 Å². The van der Waals surface area contributed by atoms with E-state index in [0.29, 0.717) is 18.2 Å². The maximum absolute atomic E-state index is 5.84. The van der Waals surface area contributed by atoms with Gasteiger partial charge in [-0.15, -0.1) is 0 Å². The summed E-state index contributed by atoms with van der Waals surface area (Å²) in [4.78, 5) is 10.9. The second kappa shape index (κ2) is 5.79. The Kier molecular flexibility index (Phi) is 3.85. The van der Waals surface area contributed by atoms with E-state index in [1.165, 1.54) is 5.56 Å². The van der Waals surface area contributed by atoms with Crippen molar-refractivity contribution in [3.05, 3.63) is 35.5 Å². The lowest BCUT2D eigenvalue weighted by molar-refractivity contribution is -0.0350. The van der Waals surface area contributed by atoms with Crippen LogP contribution < -0.4 is 5.73 Å². The summed E-state index contributed by atoms with van der Waals surface area (Å²) in [5.41, 5.74) is 7.86. The van der Waals surface area contributed by atoms with Crippen molar-refractivity contribution < 1.29 is 4.74 Å². The topological polar surface area (TPSA) is 82.1 Å². The fraction of sp³-hybridized carbons (Fsp3) is 0.500. The molecule has 112 valence electrons. The van der Waals surface area contributed by atoms with Crippen LogP contribution in [0.25, 0.3) is 0 Å². The van der Waals surface area contributed by atoms with Gasteiger partial charge in [-0.25, -0.2) is 9.97 Å². The fourth-order valence-electron chi connectivity index (χ4n) is 2.62. The smallest absolute Gasteiger partial charge is 0.128 e. The predicted octanol–water partition coefficient (Wildman–Crippen LogP) is 0.674. The molecule has 2 aromatic rings. The number of aromatic nitrogens is 4. The van der Waals surface area contributed by atoms with Gasteiger partial charge < -0.3 is 10.5 Å². The van der Waals surface area contributed by atoms with Crippen LogP contribution in [0, 0.1) is 6.92 Å². The molecular formula is C14H20N6O. The molecule has 0 aromatic carbocycles. The highest BCUT2D eigenvalue weighted by atomic mass is 16.5. The molecule has 0 bridgehead atoms. The molecular weight excluding hydrogens is 268 g/mol. The van der Waals surface area contributed by atoms with E-state index in [-0.39, 0.29) is 6.10 Å². The first kappa shape index (κ1) is 14.0. The van der Waals surface area contributed by atoms with Crippen LogP contribution in [0.3, 0.4) is 0 Å². The summed E-state index contributed by atoms with van der Waals surface area (Å²) < 4.78 is 7.66. The molecule has 0 saturated carbocycles. The second-order valence-corrected chi connectivity index (χ2v) is 5.38. The lowest BCUT2D eigenvalue weighted by Crippen LogP contribution is -2.38. The number of anilines is 1. The number of morpholine rings is 1. The third kappa shape index (κ3) is 3.37. The largest absolute Gasteiger partial charge is 0.384 e. The summed E-state index contributed by atoms with van der Waals surface area (Å²) in [6.45, 7) is 5.10. The van der Waals surface area contributed by atoms with Gasteiger partial charge in [-0.05, 0) is 6.92 Å². The van der Waals surface area contributed by atoms with Gasteiger partial charge in [0.05, 0.1) is 18.5 Å². The van der Waals surface area contributed by atoms with Crippen molar-refractivity contribution in [3.8, 4) is 0 Å². The van der Waals surface area contributed by atoms with Crippen LogP contribution >= 0.6 is 0 Å². The Labute approximate surface area is 123 Å². The Hall–Kier alpha value is -1.99. The minimum Gasteiger partial charge on any atom is -0.384 e. The first-order valence-corrected chi connectivity index (χ1v) is 7.02. The Bertz CT molecular complexity index is 605. The summed E-state index contributed by atoms with van der Waals surface area (Å²) in [7, 11) is 1.93.